The van der Waals surface area contributed by atoms with Crippen LogP contribution in [0.2, 0.25) is 0 Å². The van der Waals surface area contributed by atoms with Crippen LogP contribution in [0.1, 0.15) is 37.3 Å². The largest absolute Gasteiger partial charge is 0.493 e. The smallest absolute Gasteiger partial charge is 0.163 e. The van der Waals surface area contributed by atoms with E-state index in [0.717, 1.165) is 30.9 Å². The van der Waals surface area contributed by atoms with Crippen LogP contribution in [0.25, 0.3) is 0 Å². The maximum atomic E-state index is 5.56. The van der Waals surface area contributed by atoms with E-state index >= 15 is 0 Å². The molecule has 3 nitrogen and oxygen atoms in total. The molecule has 0 radical (unpaired) electrons. The summed E-state index contributed by atoms with van der Waals surface area (Å²) in [4.78, 5) is 0. The number of hydrogen-bond acceptors (Lipinski definition) is 3. The van der Waals surface area contributed by atoms with Gasteiger partial charge in [-0.15, -0.1) is 0 Å². The van der Waals surface area contributed by atoms with Crippen LogP contribution in [0.5, 0.6) is 11.5 Å². The van der Waals surface area contributed by atoms with Crippen molar-refractivity contribution >= 4 is 0 Å². The molecular formula is C16H25NO2. The van der Waals surface area contributed by atoms with Crippen LogP contribution in [0.4, 0.5) is 0 Å². The van der Waals surface area contributed by atoms with Gasteiger partial charge in [-0.3, -0.25) is 0 Å². The molecule has 1 saturated heterocycles. The first-order chi connectivity index (χ1) is 9.28. The molecule has 1 aromatic rings. The van der Waals surface area contributed by atoms with Crippen molar-refractivity contribution in [2.45, 2.75) is 45.1 Å². The van der Waals surface area contributed by atoms with Crippen molar-refractivity contribution in [3.63, 3.8) is 0 Å². The lowest BCUT2D eigenvalue weighted by molar-refractivity contribution is 0.345. The summed E-state index contributed by atoms with van der Waals surface area (Å²) in [5.74, 6) is 1.75. The second-order valence-electron chi connectivity index (χ2n) is 5.19. The Balaban J connectivity index is 2.25. The van der Waals surface area contributed by atoms with Crippen molar-refractivity contribution in [3.05, 3.63) is 23.3 Å². The Morgan fingerprint density at radius 1 is 1.21 bits per heavy atom. The zero-order chi connectivity index (χ0) is 13.7. The third kappa shape index (κ3) is 3.41. The number of methoxy groups -OCH3 is 2. The van der Waals surface area contributed by atoms with Gasteiger partial charge in [0.25, 0.3) is 0 Å². The summed E-state index contributed by atoms with van der Waals surface area (Å²) in [6.07, 6.45) is 5.91. The SMILES string of the molecule is CCc1cc(CC2CCCCN2)c(OC)c(OC)c1. The first kappa shape index (κ1) is 14.2. The number of rotatable bonds is 5. The highest BCUT2D eigenvalue weighted by molar-refractivity contribution is 5.50. The Labute approximate surface area is 116 Å². The molecule has 0 aliphatic carbocycles. The van der Waals surface area contributed by atoms with Crippen LogP contribution in [-0.2, 0) is 12.8 Å². The van der Waals surface area contributed by atoms with Gasteiger partial charge < -0.3 is 14.8 Å². The van der Waals surface area contributed by atoms with Crippen LogP contribution in [0.3, 0.4) is 0 Å². The predicted molar refractivity (Wildman–Crippen MR) is 78.3 cm³/mol. The van der Waals surface area contributed by atoms with Gasteiger partial charge in [-0.25, -0.2) is 0 Å². The van der Waals surface area contributed by atoms with E-state index in [0.29, 0.717) is 6.04 Å². The van der Waals surface area contributed by atoms with Gasteiger partial charge in [-0.2, -0.15) is 0 Å². The number of ether oxygens (including phenoxy) is 2. The maximum Gasteiger partial charge on any atom is 0.163 e. The number of piperidine rings is 1. The molecular weight excluding hydrogens is 238 g/mol. The van der Waals surface area contributed by atoms with E-state index in [4.69, 9.17) is 9.47 Å². The Morgan fingerprint density at radius 3 is 2.63 bits per heavy atom. The molecule has 1 atom stereocenters. The molecule has 0 amide bonds. The van der Waals surface area contributed by atoms with Crippen LogP contribution >= 0.6 is 0 Å². The minimum absolute atomic E-state index is 0.569. The zero-order valence-electron chi connectivity index (χ0n) is 12.3. The molecule has 1 heterocycles. The average molecular weight is 263 g/mol. The van der Waals surface area contributed by atoms with Crippen LogP contribution in [-0.4, -0.2) is 26.8 Å². The highest BCUT2D eigenvalue weighted by Crippen LogP contribution is 2.34. The van der Waals surface area contributed by atoms with E-state index in [2.05, 4.69) is 24.4 Å². The van der Waals surface area contributed by atoms with E-state index in [1.165, 1.54) is 30.4 Å². The van der Waals surface area contributed by atoms with Gasteiger partial charge >= 0.3 is 0 Å². The molecule has 2 rings (SSSR count). The highest BCUT2D eigenvalue weighted by Gasteiger charge is 2.18. The molecule has 3 heteroatoms. The lowest BCUT2D eigenvalue weighted by atomic mass is 9.95. The van der Waals surface area contributed by atoms with Crippen molar-refractivity contribution < 1.29 is 9.47 Å². The molecule has 1 fully saturated rings. The number of benzene rings is 1. The summed E-state index contributed by atoms with van der Waals surface area (Å²) >= 11 is 0. The molecule has 0 saturated carbocycles. The van der Waals surface area contributed by atoms with Crippen molar-refractivity contribution in [2.24, 2.45) is 0 Å². The van der Waals surface area contributed by atoms with E-state index in [1.54, 1.807) is 14.2 Å². The van der Waals surface area contributed by atoms with E-state index in [9.17, 15) is 0 Å². The molecule has 106 valence electrons. The molecule has 1 N–H and O–H groups in total. The topological polar surface area (TPSA) is 30.5 Å². The third-order valence-corrected chi connectivity index (χ3v) is 3.90. The molecule has 1 aromatic carbocycles. The summed E-state index contributed by atoms with van der Waals surface area (Å²) in [5, 5.41) is 3.60. The molecule has 0 bridgehead atoms. The summed E-state index contributed by atoms with van der Waals surface area (Å²) < 4.78 is 11.0. The monoisotopic (exact) mass is 263 g/mol. The second-order valence-corrected chi connectivity index (χ2v) is 5.19. The normalized spacial score (nSPS) is 19.2. The average Bonchev–Trinajstić information content (AvgIpc) is 2.47. The van der Waals surface area contributed by atoms with Gasteiger partial charge in [0, 0.05) is 6.04 Å². The fourth-order valence-electron chi connectivity index (χ4n) is 2.83. The van der Waals surface area contributed by atoms with Gasteiger partial charge in [-0.1, -0.05) is 19.4 Å². The molecule has 0 aromatic heterocycles. The Kier molecular flexibility index (Phi) is 5.08. The predicted octanol–water partition coefficient (Wildman–Crippen LogP) is 2.95. The van der Waals surface area contributed by atoms with Crippen molar-refractivity contribution in [1.29, 1.82) is 0 Å². The first-order valence-electron chi connectivity index (χ1n) is 7.25. The number of aryl methyl sites for hydroxylation is 1. The van der Waals surface area contributed by atoms with Gasteiger partial charge in [0.15, 0.2) is 11.5 Å². The van der Waals surface area contributed by atoms with E-state index in [-0.39, 0.29) is 0 Å². The standard InChI is InChI=1S/C16H25NO2/c1-4-12-9-13(11-14-7-5-6-8-17-14)16(19-3)15(10-12)18-2/h9-10,14,17H,4-8,11H2,1-3H3. The van der Waals surface area contributed by atoms with Crippen LogP contribution in [0, 0.1) is 0 Å². The Morgan fingerprint density at radius 2 is 2.05 bits per heavy atom. The van der Waals surface area contributed by atoms with Gasteiger partial charge in [0.2, 0.25) is 0 Å². The molecule has 1 aliphatic rings. The summed E-state index contributed by atoms with van der Waals surface area (Å²) in [7, 11) is 3.43. The lowest BCUT2D eigenvalue weighted by Crippen LogP contribution is -2.35. The lowest BCUT2D eigenvalue weighted by Gasteiger charge is -2.25. The van der Waals surface area contributed by atoms with Crippen molar-refractivity contribution in [2.75, 3.05) is 20.8 Å². The van der Waals surface area contributed by atoms with Crippen molar-refractivity contribution in [3.8, 4) is 11.5 Å². The quantitative estimate of drug-likeness (QED) is 0.886. The van der Waals surface area contributed by atoms with Gasteiger partial charge in [-0.05, 0) is 49.4 Å². The van der Waals surface area contributed by atoms with Crippen molar-refractivity contribution in [1.82, 2.24) is 5.32 Å². The fourth-order valence-corrected chi connectivity index (χ4v) is 2.83. The number of hydrogen-bond donors (Lipinski definition) is 1. The minimum Gasteiger partial charge on any atom is -0.493 e. The fraction of sp³-hybridized carbons (Fsp3) is 0.625. The van der Waals surface area contributed by atoms with Crippen LogP contribution < -0.4 is 14.8 Å². The highest BCUT2D eigenvalue weighted by atomic mass is 16.5. The maximum absolute atomic E-state index is 5.56. The summed E-state index contributed by atoms with van der Waals surface area (Å²) in [6, 6.07) is 4.91. The zero-order valence-corrected chi connectivity index (χ0v) is 12.3. The minimum atomic E-state index is 0.569. The molecule has 1 aliphatic heterocycles. The van der Waals surface area contributed by atoms with Gasteiger partial charge in [0.05, 0.1) is 14.2 Å². The molecule has 19 heavy (non-hydrogen) atoms. The van der Waals surface area contributed by atoms with Crippen LogP contribution in [0.15, 0.2) is 12.1 Å². The first-order valence-corrected chi connectivity index (χ1v) is 7.25. The molecule has 0 spiro atoms. The van der Waals surface area contributed by atoms with Gasteiger partial charge in [0.1, 0.15) is 0 Å². The van der Waals surface area contributed by atoms with E-state index in [1.807, 2.05) is 0 Å². The Bertz CT molecular complexity index is 411. The second kappa shape index (κ2) is 6.80. The number of nitrogens with one attached hydrogen (secondary N) is 1. The Hall–Kier alpha value is -1.22. The van der Waals surface area contributed by atoms with E-state index < -0.39 is 0 Å². The summed E-state index contributed by atoms with van der Waals surface area (Å²) in [6.45, 7) is 3.31. The summed E-state index contributed by atoms with van der Waals surface area (Å²) in [5.41, 5.74) is 2.57. The molecule has 1 unspecified atom stereocenters. The third-order valence-electron chi connectivity index (χ3n) is 3.90.